The Balaban J connectivity index is 2.61. The van der Waals surface area contributed by atoms with Crippen LogP contribution in [0.4, 0.5) is 0 Å². The number of rotatable bonds is 6. The van der Waals surface area contributed by atoms with Crippen LogP contribution >= 0.6 is 0 Å². The number of nitrogens with zero attached hydrogens (tertiary/aromatic N) is 1. The topological polar surface area (TPSA) is 55.6 Å². The average molecular weight is 270 g/mol. The highest BCUT2D eigenvalue weighted by Crippen LogP contribution is 2.25. The second-order valence-electron chi connectivity index (χ2n) is 5.99. The van der Waals surface area contributed by atoms with E-state index in [-0.39, 0.29) is 5.97 Å². The van der Waals surface area contributed by atoms with Crippen LogP contribution in [-0.4, -0.2) is 41.6 Å². The van der Waals surface area contributed by atoms with E-state index in [1.54, 1.807) is 6.92 Å². The molecule has 1 aliphatic heterocycles. The first kappa shape index (κ1) is 16.4. The molecule has 19 heavy (non-hydrogen) atoms. The summed E-state index contributed by atoms with van der Waals surface area (Å²) in [7, 11) is 0. The minimum Gasteiger partial charge on any atom is -0.465 e. The molecule has 0 radical (unpaired) electrons. The number of esters is 1. The summed E-state index contributed by atoms with van der Waals surface area (Å²) >= 11 is 0. The van der Waals surface area contributed by atoms with Gasteiger partial charge in [-0.25, -0.2) is 0 Å². The summed E-state index contributed by atoms with van der Waals surface area (Å²) in [4.78, 5) is 14.4. The SMILES string of the molecule is CCOC(=O)C(C)(N)CC(C)N1CCCCC1CC. The predicted molar refractivity (Wildman–Crippen MR) is 77.9 cm³/mol. The minimum absolute atomic E-state index is 0.285. The molecule has 0 aromatic heterocycles. The lowest BCUT2D eigenvalue weighted by molar-refractivity contribution is -0.149. The van der Waals surface area contributed by atoms with E-state index in [2.05, 4.69) is 18.7 Å². The first-order chi connectivity index (χ1) is 8.92. The van der Waals surface area contributed by atoms with Crippen molar-refractivity contribution in [1.29, 1.82) is 0 Å². The van der Waals surface area contributed by atoms with Gasteiger partial charge in [-0.2, -0.15) is 0 Å². The lowest BCUT2D eigenvalue weighted by Gasteiger charge is -2.41. The number of hydrogen-bond donors (Lipinski definition) is 1. The van der Waals surface area contributed by atoms with E-state index in [4.69, 9.17) is 10.5 Å². The van der Waals surface area contributed by atoms with Gasteiger partial charge in [-0.3, -0.25) is 9.69 Å². The molecule has 4 heteroatoms. The Morgan fingerprint density at radius 1 is 1.47 bits per heavy atom. The summed E-state index contributed by atoms with van der Waals surface area (Å²) in [6.45, 7) is 9.53. The third-order valence-corrected chi connectivity index (χ3v) is 4.17. The summed E-state index contributed by atoms with van der Waals surface area (Å²) in [6, 6.07) is 0.964. The van der Waals surface area contributed by atoms with Crippen molar-refractivity contribution in [2.24, 2.45) is 5.73 Å². The molecule has 2 N–H and O–H groups in total. The van der Waals surface area contributed by atoms with Crippen molar-refractivity contribution in [1.82, 2.24) is 4.90 Å². The average Bonchev–Trinajstić information content (AvgIpc) is 2.38. The summed E-state index contributed by atoms with van der Waals surface area (Å²) in [5.74, 6) is -0.285. The molecule has 1 heterocycles. The Morgan fingerprint density at radius 2 is 2.16 bits per heavy atom. The molecule has 1 aliphatic rings. The zero-order valence-corrected chi connectivity index (χ0v) is 12.9. The molecule has 1 saturated heterocycles. The molecule has 0 aromatic rings. The van der Waals surface area contributed by atoms with Gasteiger partial charge in [0.25, 0.3) is 0 Å². The smallest absolute Gasteiger partial charge is 0.325 e. The van der Waals surface area contributed by atoms with Crippen LogP contribution in [0, 0.1) is 0 Å². The van der Waals surface area contributed by atoms with Gasteiger partial charge >= 0.3 is 5.97 Å². The minimum atomic E-state index is -0.884. The predicted octanol–water partition coefficient (Wildman–Crippen LogP) is 2.31. The van der Waals surface area contributed by atoms with E-state index < -0.39 is 5.54 Å². The fraction of sp³-hybridized carbons (Fsp3) is 0.933. The summed E-state index contributed by atoms with van der Waals surface area (Å²) in [6.07, 6.45) is 5.66. The van der Waals surface area contributed by atoms with Crippen molar-refractivity contribution in [3.05, 3.63) is 0 Å². The van der Waals surface area contributed by atoms with Crippen LogP contribution in [0.2, 0.25) is 0 Å². The van der Waals surface area contributed by atoms with Gasteiger partial charge < -0.3 is 10.5 Å². The van der Waals surface area contributed by atoms with Crippen molar-refractivity contribution in [2.45, 2.75) is 77.4 Å². The number of ether oxygens (including phenoxy) is 1. The van der Waals surface area contributed by atoms with Gasteiger partial charge in [0.15, 0.2) is 0 Å². The highest BCUT2D eigenvalue weighted by Gasteiger charge is 2.35. The van der Waals surface area contributed by atoms with Crippen LogP contribution in [0.15, 0.2) is 0 Å². The Hall–Kier alpha value is -0.610. The van der Waals surface area contributed by atoms with E-state index in [0.717, 1.165) is 6.54 Å². The van der Waals surface area contributed by atoms with E-state index in [9.17, 15) is 4.79 Å². The standard InChI is InChI=1S/C15H30N2O2/c1-5-13-9-7-8-10-17(13)12(3)11-15(4,16)14(18)19-6-2/h12-13H,5-11,16H2,1-4H3. The Morgan fingerprint density at radius 3 is 2.74 bits per heavy atom. The van der Waals surface area contributed by atoms with E-state index in [0.29, 0.717) is 25.1 Å². The van der Waals surface area contributed by atoms with Gasteiger partial charge in [0.05, 0.1) is 6.61 Å². The zero-order chi connectivity index (χ0) is 14.5. The van der Waals surface area contributed by atoms with Crippen molar-refractivity contribution >= 4 is 5.97 Å². The molecule has 112 valence electrons. The van der Waals surface area contributed by atoms with Gasteiger partial charge in [-0.05, 0) is 53.0 Å². The van der Waals surface area contributed by atoms with Gasteiger partial charge in [-0.15, -0.1) is 0 Å². The molecule has 0 spiro atoms. The number of nitrogens with two attached hydrogens (primary N) is 1. The first-order valence-electron chi connectivity index (χ1n) is 7.64. The molecule has 3 atom stereocenters. The Kier molecular flexibility index (Phi) is 6.27. The van der Waals surface area contributed by atoms with Gasteiger partial charge in [-0.1, -0.05) is 13.3 Å². The van der Waals surface area contributed by atoms with Crippen LogP contribution in [0.25, 0.3) is 0 Å². The normalized spacial score (nSPS) is 25.6. The van der Waals surface area contributed by atoms with Crippen molar-refractivity contribution in [2.75, 3.05) is 13.2 Å². The van der Waals surface area contributed by atoms with E-state index in [1.807, 2.05) is 6.92 Å². The van der Waals surface area contributed by atoms with Gasteiger partial charge in [0.1, 0.15) is 5.54 Å². The van der Waals surface area contributed by atoms with Gasteiger partial charge in [0, 0.05) is 12.1 Å². The summed E-state index contributed by atoms with van der Waals surface area (Å²) < 4.78 is 5.07. The number of piperidine rings is 1. The van der Waals surface area contributed by atoms with E-state index >= 15 is 0 Å². The highest BCUT2D eigenvalue weighted by molar-refractivity contribution is 5.80. The number of carbonyl (C=O) groups excluding carboxylic acids is 1. The zero-order valence-electron chi connectivity index (χ0n) is 12.9. The molecule has 0 saturated carbocycles. The van der Waals surface area contributed by atoms with Crippen molar-refractivity contribution in [3.8, 4) is 0 Å². The molecule has 0 bridgehead atoms. The maximum Gasteiger partial charge on any atom is 0.325 e. The summed E-state index contributed by atoms with van der Waals surface area (Å²) in [5.41, 5.74) is 5.26. The molecule has 4 nitrogen and oxygen atoms in total. The monoisotopic (exact) mass is 270 g/mol. The Bertz CT molecular complexity index is 292. The summed E-state index contributed by atoms with van der Waals surface area (Å²) in [5, 5.41) is 0. The quantitative estimate of drug-likeness (QED) is 0.753. The van der Waals surface area contributed by atoms with Crippen molar-refractivity contribution in [3.63, 3.8) is 0 Å². The molecule has 3 unspecified atom stereocenters. The lowest BCUT2D eigenvalue weighted by atomic mass is 9.90. The molecule has 0 aromatic carbocycles. The molecule has 0 amide bonds. The van der Waals surface area contributed by atoms with Crippen LogP contribution in [-0.2, 0) is 9.53 Å². The molecule has 0 aliphatic carbocycles. The lowest BCUT2D eigenvalue weighted by Crippen LogP contribution is -2.53. The van der Waals surface area contributed by atoms with Crippen LogP contribution < -0.4 is 5.73 Å². The first-order valence-corrected chi connectivity index (χ1v) is 7.64. The molecular formula is C15H30N2O2. The second-order valence-corrected chi connectivity index (χ2v) is 5.99. The van der Waals surface area contributed by atoms with Crippen LogP contribution in [0.5, 0.6) is 0 Å². The number of hydrogen-bond acceptors (Lipinski definition) is 4. The maximum absolute atomic E-state index is 11.9. The molecule has 1 rings (SSSR count). The molecular weight excluding hydrogens is 240 g/mol. The fourth-order valence-electron chi connectivity index (χ4n) is 3.15. The van der Waals surface area contributed by atoms with Crippen LogP contribution in [0.3, 0.4) is 0 Å². The Labute approximate surface area is 117 Å². The fourth-order valence-corrected chi connectivity index (χ4v) is 3.15. The highest BCUT2D eigenvalue weighted by atomic mass is 16.5. The number of carbonyl (C=O) groups is 1. The van der Waals surface area contributed by atoms with E-state index in [1.165, 1.54) is 25.7 Å². The maximum atomic E-state index is 11.9. The van der Waals surface area contributed by atoms with Crippen LogP contribution in [0.1, 0.15) is 59.8 Å². The number of likely N-dealkylation sites (tertiary alicyclic amines) is 1. The molecule has 1 fully saturated rings. The third kappa shape index (κ3) is 4.46. The largest absolute Gasteiger partial charge is 0.465 e. The second kappa shape index (κ2) is 7.25. The van der Waals surface area contributed by atoms with Crippen molar-refractivity contribution < 1.29 is 9.53 Å². The van der Waals surface area contributed by atoms with Gasteiger partial charge in [0.2, 0.25) is 0 Å². The third-order valence-electron chi connectivity index (χ3n) is 4.17.